The number of tetrazole rings is 1. The van der Waals surface area contributed by atoms with Crippen LogP contribution in [0.1, 0.15) is 30.2 Å². The molecule has 3 heterocycles. The monoisotopic (exact) mass is 576 g/mol. The summed E-state index contributed by atoms with van der Waals surface area (Å²) >= 11 is -2.56. The van der Waals surface area contributed by atoms with Crippen LogP contribution < -0.4 is 5.69 Å². The number of fused-ring (bicyclic) bond motifs is 1. The van der Waals surface area contributed by atoms with Crippen LogP contribution in [0.15, 0.2) is 59.7 Å². The van der Waals surface area contributed by atoms with Crippen LogP contribution in [0.3, 0.4) is 0 Å². The fraction of sp³-hybridized carbons (Fsp3) is 0.280. The first-order chi connectivity index (χ1) is 16.8. The van der Waals surface area contributed by atoms with Gasteiger partial charge < -0.3 is 0 Å². The fourth-order valence-electron chi connectivity index (χ4n) is 4.34. The molecule has 35 heavy (non-hydrogen) atoms. The molecule has 0 unspecified atom stereocenters. The maximum absolute atomic E-state index is 11.9. The molecule has 178 valence electrons. The number of aromatic amines is 1. The summed E-state index contributed by atoms with van der Waals surface area (Å²) in [6.45, 7) is 2.12. The van der Waals surface area contributed by atoms with E-state index in [0.717, 1.165) is 52.2 Å². The van der Waals surface area contributed by atoms with Crippen LogP contribution in [0, 0.1) is 0 Å². The second-order valence-corrected chi connectivity index (χ2v) is 23.2. The standard InChI is InChI=1S/C22H20N8O.3CH3.Sn/c1-2-5-19-18(21-24-22(31)27-30(21)13-23-19)12-14-8-10-15(11-9-14)16-6-3-4-7-17(16)20-25-28-29-26-20;;;;/h3-4,6-11,13H,2,5,12H2,1H3,(H2,25,26,27,28,29,31);3*1H3;/q;;;;+1/p-1. The van der Waals surface area contributed by atoms with E-state index in [1.165, 1.54) is 0 Å². The normalized spacial score (nSPS) is 11.9. The van der Waals surface area contributed by atoms with E-state index in [1.54, 1.807) is 10.8 Å². The number of hydrogen-bond donors (Lipinski definition) is 1. The summed E-state index contributed by atoms with van der Waals surface area (Å²) in [7, 11) is 0. The first-order valence-electron chi connectivity index (χ1n) is 11.8. The third kappa shape index (κ3) is 4.64. The maximum atomic E-state index is 11.9. The van der Waals surface area contributed by atoms with Gasteiger partial charge in [0, 0.05) is 0 Å². The predicted octanol–water partition coefficient (Wildman–Crippen LogP) is 3.96. The van der Waals surface area contributed by atoms with E-state index < -0.39 is 18.7 Å². The van der Waals surface area contributed by atoms with Crippen molar-refractivity contribution in [1.82, 2.24) is 38.0 Å². The first-order valence-corrected chi connectivity index (χ1v) is 21.6. The molecule has 0 aliphatic carbocycles. The Bertz CT molecular complexity index is 1540. The Hall–Kier alpha value is -3.34. The van der Waals surface area contributed by atoms with E-state index >= 15 is 0 Å². The van der Waals surface area contributed by atoms with E-state index in [-0.39, 0.29) is 5.69 Å². The quantitative estimate of drug-likeness (QED) is 0.295. The van der Waals surface area contributed by atoms with Gasteiger partial charge in [-0.25, -0.2) is 9.89 Å². The Morgan fingerprint density at radius 3 is 2.46 bits per heavy atom. The van der Waals surface area contributed by atoms with Crippen molar-refractivity contribution < 1.29 is 0 Å². The molecule has 9 nitrogen and oxygen atoms in total. The summed E-state index contributed by atoms with van der Waals surface area (Å²) in [4.78, 5) is 27.5. The van der Waals surface area contributed by atoms with Crippen molar-refractivity contribution in [3.63, 3.8) is 0 Å². The molecule has 2 aromatic carbocycles. The number of aryl methyl sites for hydroxylation is 1. The van der Waals surface area contributed by atoms with E-state index in [2.05, 4.69) is 91.6 Å². The predicted molar refractivity (Wildman–Crippen MR) is 138 cm³/mol. The number of H-pyrrole nitrogens is 1. The molecule has 0 bridgehead atoms. The molecule has 0 atom stereocenters. The van der Waals surface area contributed by atoms with Crippen LogP contribution in [0.25, 0.3) is 28.2 Å². The van der Waals surface area contributed by atoms with Gasteiger partial charge in [0.05, 0.1) is 0 Å². The second-order valence-electron chi connectivity index (χ2n) is 9.65. The molecule has 0 saturated heterocycles. The molecular weight excluding hydrogens is 547 g/mol. The summed E-state index contributed by atoms with van der Waals surface area (Å²) in [5.41, 5.74) is 6.60. The van der Waals surface area contributed by atoms with Gasteiger partial charge in [-0.15, -0.1) is 0 Å². The average molecular weight is 575 g/mol. The zero-order valence-corrected chi connectivity index (χ0v) is 23.2. The van der Waals surface area contributed by atoms with Crippen LogP contribution in [-0.2, 0) is 12.8 Å². The molecular formula is C25H28N8OSn. The van der Waals surface area contributed by atoms with Crippen molar-refractivity contribution in [2.75, 3.05) is 0 Å². The number of benzene rings is 2. The van der Waals surface area contributed by atoms with Gasteiger partial charge in [-0.3, -0.25) is 0 Å². The SMILES string of the molecule is CCCc1ncn2[nH]c(=O)nc2c1Cc1ccc(-c2ccccc2-c2nnn[n]2[Sn]([CH3])([CH3])[CH3])cc1. The minimum atomic E-state index is -2.56. The Morgan fingerprint density at radius 1 is 1.00 bits per heavy atom. The molecule has 0 aliphatic heterocycles. The number of hydrogen-bond acceptors (Lipinski definition) is 6. The zero-order chi connectivity index (χ0) is 24.6. The van der Waals surface area contributed by atoms with Crippen molar-refractivity contribution >= 4 is 24.3 Å². The van der Waals surface area contributed by atoms with Crippen molar-refractivity contribution in [3.05, 3.63) is 82.2 Å². The molecule has 0 spiro atoms. The van der Waals surface area contributed by atoms with Gasteiger partial charge in [0.15, 0.2) is 0 Å². The number of nitrogens with zero attached hydrogens (tertiary/aromatic N) is 7. The van der Waals surface area contributed by atoms with Crippen LogP contribution in [0.2, 0.25) is 14.8 Å². The van der Waals surface area contributed by atoms with Crippen LogP contribution in [0.5, 0.6) is 0 Å². The number of rotatable bonds is 7. The van der Waals surface area contributed by atoms with E-state index in [9.17, 15) is 4.79 Å². The zero-order valence-electron chi connectivity index (χ0n) is 20.4. The summed E-state index contributed by atoms with van der Waals surface area (Å²) in [6.07, 6.45) is 4.09. The van der Waals surface area contributed by atoms with Gasteiger partial charge in [0.1, 0.15) is 6.33 Å². The summed E-state index contributed by atoms with van der Waals surface area (Å²) in [6, 6.07) is 16.8. The van der Waals surface area contributed by atoms with E-state index in [0.29, 0.717) is 12.1 Å². The van der Waals surface area contributed by atoms with Gasteiger partial charge in [-0.2, -0.15) is 0 Å². The molecule has 5 aromatic rings. The Morgan fingerprint density at radius 2 is 1.74 bits per heavy atom. The van der Waals surface area contributed by atoms with Gasteiger partial charge in [-0.1, -0.05) is 13.3 Å². The van der Waals surface area contributed by atoms with Gasteiger partial charge in [0.25, 0.3) is 0 Å². The Labute approximate surface area is 207 Å². The van der Waals surface area contributed by atoms with Crippen LogP contribution >= 0.6 is 0 Å². The molecule has 0 amide bonds. The van der Waals surface area contributed by atoms with Crippen LogP contribution in [-0.4, -0.2) is 56.7 Å². The van der Waals surface area contributed by atoms with E-state index in [4.69, 9.17) is 0 Å². The topological polar surface area (TPSA) is 107 Å². The van der Waals surface area contributed by atoms with Crippen LogP contribution in [0.4, 0.5) is 0 Å². The molecule has 3 aromatic heterocycles. The summed E-state index contributed by atoms with van der Waals surface area (Å²) in [5.74, 6) is 0.832. The molecule has 0 fully saturated rings. The summed E-state index contributed by atoms with van der Waals surface area (Å²) < 4.78 is 3.67. The molecule has 0 radical (unpaired) electrons. The second kappa shape index (κ2) is 9.37. The minimum absolute atomic E-state index is 0.365. The fourth-order valence-corrected chi connectivity index (χ4v) is 7.50. The number of nitrogens with one attached hydrogen (secondary N) is 1. The van der Waals surface area contributed by atoms with Crippen molar-refractivity contribution in [2.45, 2.75) is 41.0 Å². The average Bonchev–Trinajstić information content (AvgIpc) is 3.48. The van der Waals surface area contributed by atoms with Crippen molar-refractivity contribution in [3.8, 4) is 22.5 Å². The first kappa shape index (κ1) is 23.4. The Balaban J connectivity index is 1.51. The molecule has 5 rings (SSSR count). The number of aromatic nitrogens is 8. The van der Waals surface area contributed by atoms with Gasteiger partial charge in [-0.05, 0) is 0 Å². The van der Waals surface area contributed by atoms with Gasteiger partial charge in [0.2, 0.25) is 0 Å². The third-order valence-corrected chi connectivity index (χ3v) is 10.5. The van der Waals surface area contributed by atoms with Crippen molar-refractivity contribution in [2.24, 2.45) is 0 Å². The third-order valence-electron chi connectivity index (χ3n) is 6.00. The summed E-state index contributed by atoms with van der Waals surface area (Å²) in [5, 5.41) is 15.4. The van der Waals surface area contributed by atoms with Gasteiger partial charge >= 0.3 is 178 Å². The molecule has 1 N–H and O–H groups in total. The van der Waals surface area contributed by atoms with Crippen molar-refractivity contribution in [1.29, 1.82) is 0 Å². The Kier molecular flexibility index (Phi) is 6.26. The molecule has 0 aliphatic rings. The molecule has 0 saturated carbocycles. The molecule has 10 heteroatoms. The van der Waals surface area contributed by atoms with E-state index in [1.807, 2.05) is 12.1 Å².